The Morgan fingerprint density at radius 3 is 2.63 bits per heavy atom. The predicted molar refractivity (Wildman–Crippen MR) is 116 cm³/mol. The summed E-state index contributed by atoms with van der Waals surface area (Å²) in [6, 6.07) is 10.9. The number of hydrogen-bond acceptors (Lipinski definition) is 6. The number of anilines is 1. The van der Waals surface area contributed by atoms with E-state index in [9.17, 15) is 9.59 Å². The van der Waals surface area contributed by atoms with Crippen LogP contribution in [0.5, 0.6) is 0 Å². The van der Waals surface area contributed by atoms with E-state index in [4.69, 9.17) is 4.42 Å². The molecule has 1 saturated heterocycles. The average Bonchev–Trinajstić information content (AvgIpc) is 3.47. The fourth-order valence-electron chi connectivity index (χ4n) is 3.48. The summed E-state index contributed by atoms with van der Waals surface area (Å²) in [4.78, 5) is 26.4. The second-order valence-corrected chi connectivity index (χ2v) is 8.64. The van der Waals surface area contributed by atoms with Gasteiger partial charge in [0, 0.05) is 30.8 Å². The molecule has 30 heavy (non-hydrogen) atoms. The maximum Gasteiger partial charge on any atom is 0.227 e. The number of hydrogen-bond donors (Lipinski definition) is 0. The SMILES string of the molecule is CC(C)Cn1c(SCC(=O)c2ccc(N3CCCC3=O)cc2)nnc1-c1ccco1. The topological polar surface area (TPSA) is 81.2 Å². The van der Waals surface area contributed by atoms with Gasteiger partial charge in [-0.15, -0.1) is 10.2 Å². The Bertz CT molecular complexity index is 1030. The highest BCUT2D eigenvalue weighted by atomic mass is 32.2. The number of amides is 1. The third kappa shape index (κ3) is 4.33. The molecule has 3 heterocycles. The van der Waals surface area contributed by atoms with E-state index >= 15 is 0 Å². The zero-order chi connectivity index (χ0) is 21.1. The van der Waals surface area contributed by atoms with Gasteiger partial charge in [0.15, 0.2) is 22.5 Å². The molecular weight excluding hydrogens is 400 g/mol. The first kappa shape index (κ1) is 20.4. The summed E-state index contributed by atoms with van der Waals surface area (Å²) in [6.07, 6.45) is 3.08. The van der Waals surface area contributed by atoms with Gasteiger partial charge in [-0.1, -0.05) is 25.6 Å². The van der Waals surface area contributed by atoms with Crippen LogP contribution in [0.25, 0.3) is 11.6 Å². The molecule has 0 atom stereocenters. The van der Waals surface area contributed by atoms with Gasteiger partial charge in [0.25, 0.3) is 0 Å². The van der Waals surface area contributed by atoms with Crippen molar-refractivity contribution in [1.29, 1.82) is 0 Å². The van der Waals surface area contributed by atoms with Crippen molar-refractivity contribution in [2.45, 2.75) is 38.4 Å². The molecule has 0 unspecified atom stereocenters. The minimum atomic E-state index is 0.0120. The van der Waals surface area contributed by atoms with Crippen LogP contribution in [0.4, 0.5) is 5.69 Å². The van der Waals surface area contributed by atoms with Crippen molar-refractivity contribution in [2.24, 2.45) is 5.92 Å². The summed E-state index contributed by atoms with van der Waals surface area (Å²) in [5, 5.41) is 9.26. The van der Waals surface area contributed by atoms with Gasteiger partial charge in [0.1, 0.15) is 0 Å². The molecule has 2 aromatic heterocycles. The maximum absolute atomic E-state index is 12.7. The normalized spacial score (nSPS) is 14.1. The number of aromatic nitrogens is 3. The standard InChI is InChI=1S/C22H24N4O3S/c1-15(2)13-26-21(19-5-4-12-29-19)23-24-22(26)30-14-18(27)16-7-9-17(10-8-16)25-11-3-6-20(25)28/h4-5,7-10,12,15H,3,6,11,13-14H2,1-2H3. The second-order valence-electron chi connectivity index (χ2n) is 7.70. The summed E-state index contributed by atoms with van der Waals surface area (Å²) in [5.74, 6) is 2.14. The van der Waals surface area contributed by atoms with Crippen molar-refractivity contribution < 1.29 is 14.0 Å². The first-order valence-electron chi connectivity index (χ1n) is 10.1. The summed E-state index contributed by atoms with van der Waals surface area (Å²) in [5.41, 5.74) is 1.47. The van der Waals surface area contributed by atoms with Gasteiger partial charge in [-0.2, -0.15) is 0 Å². The van der Waals surface area contributed by atoms with Gasteiger partial charge in [0.05, 0.1) is 12.0 Å². The van der Waals surface area contributed by atoms with E-state index in [0.717, 1.165) is 25.2 Å². The Hall–Kier alpha value is -2.87. The third-order valence-electron chi connectivity index (χ3n) is 4.91. The van der Waals surface area contributed by atoms with Gasteiger partial charge in [0.2, 0.25) is 5.91 Å². The molecule has 1 aliphatic rings. The molecule has 0 radical (unpaired) electrons. The van der Waals surface area contributed by atoms with E-state index in [0.29, 0.717) is 34.6 Å². The van der Waals surface area contributed by atoms with Gasteiger partial charge < -0.3 is 9.32 Å². The monoisotopic (exact) mass is 424 g/mol. The minimum absolute atomic E-state index is 0.0120. The average molecular weight is 425 g/mol. The molecule has 4 rings (SSSR count). The van der Waals surface area contributed by atoms with Crippen molar-refractivity contribution in [3.05, 3.63) is 48.2 Å². The first-order valence-corrected chi connectivity index (χ1v) is 11.0. The minimum Gasteiger partial charge on any atom is -0.461 e. The Labute approximate surface area is 179 Å². The zero-order valence-electron chi connectivity index (χ0n) is 17.1. The third-order valence-corrected chi connectivity index (χ3v) is 5.88. The van der Waals surface area contributed by atoms with Crippen LogP contribution in [0.1, 0.15) is 37.0 Å². The fourth-order valence-corrected chi connectivity index (χ4v) is 4.32. The van der Waals surface area contributed by atoms with E-state index in [1.807, 2.05) is 28.8 Å². The van der Waals surface area contributed by atoms with Crippen molar-refractivity contribution in [2.75, 3.05) is 17.2 Å². The highest BCUT2D eigenvalue weighted by molar-refractivity contribution is 7.99. The Morgan fingerprint density at radius 2 is 2.00 bits per heavy atom. The largest absolute Gasteiger partial charge is 0.461 e. The lowest BCUT2D eigenvalue weighted by atomic mass is 10.1. The van der Waals surface area contributed by atoms with Crippen LogP contribution in [0.15, 0.2) is 52.2 Å². The number of thioether (sulfide) groups is 1. The lowest BCUT2D eigenvalue weighted by Gasteiger charge is -2.15. The lowest BCUT2D eigenvalue weighted by Crippen LogP contribution is -2.23. The van der Waals surface area contributed by atoms with Crippen LogP contribution >= 0.6 is 11.8 Å². The molecule has 0 N–H and O–H groups in total. The second kappa shape index (κ2) is 8.87. The number of carbonyl (C=O) groups excluding carboxylic acids is 2. The Balaban J connectivity index is 1.45. The van der Waals surface area contributed by atoms with Gasteiger partial charge in [-0.25, -0.2) is 0 Å². The summed E-state index contributed by atoms with van der Waals surface area (Å²) >= 11 is 1.37. The first-order chi connectivity index (χ1) is 14.5. The predicted octanol–water partition coefficient (Wildman–Crippen LogP) is 4.30. The maximum atomic E-state index is 12.7. The smallest absolute Gasteiger partial charge is 0.227 e. The number of benzene rings is 1. The van der Waals surface area contributed by atoms with Crippen molar-refractivity contribution in [3.63, 3.8) is 0 Å². The highest BCUT2D eigenvalue weighted by Crippen LogP contribution is 2.27. The molecule has 0 saturated carbocycles. The molecule has 1 amide bonds. The molecule has 8 heteroatoms. The van der Waals surface area contributed by atoms with Crippen LogP contribution in [0, 0.1) is 5.92 Å². The quantitative estimate of drug-likeness (QED) is 0.396. The van der Waals surface area contributed by atoms with Gasteiger partial charge >= 0.3 is 0 Å². The molecule has 1 aromatic carbocycles. The van der Waals surface area contributed by atoms with E-state index < -0.39 is 0 Å². The van der Waals surface area contributed by atoms with E-state index in [1.165, 1.54) is 11.8 Å². The summed E-state index contributed by atoms with van der Waals surface area (Å²) in [7, 11) is 0. The summed E-state index contributed by atoms with van der Waals surface area (Å²) < 4.78 is 7.49. The number of ketones is 1. The molecule has 1 fully saturated rings. The van der Waals surface area contributed by atoms with Gasteiger partial charge in [-0.3, -0.25) is 14.2 Å². The zero-order valence-corrected chi connectivity index (χ0v) is 17.9. The van der Waals surface area contributed by atoms with E-state index in [1.54, 1.807) is 23.3 Å². The molecular formula is C22H24N4O3S. The number of furan rings is 1. The summed E-state index contributed by atoms with van der Waals surface area (Å²) in [6.45, 7) is 5.72. The van der Waals surface area contributed by atoms with Crippen LogP contribution < -0.4 is 4.90 Å². The van der Waals surface area contributed by atoms with Crippen LogP contribution in [0.3, 0.4) is 0 Å². The van der Waals surface area contributed by atoms with Crippen LogP contribution in [-0.4, -0.2) is 38.8 Å². The molecule has 7 nitrogen and oxygen atoms in total. The molecule has 0 bridgehead atoms. The van der Waals surface area contributed by atoms with Crippen LogP contribution in [0.2, 0.25) is 0 Å². The van der Waals surface area contributed by atoms with Crippen molar-refractivity contribution in [1.82, 2.24) is 14.8 Å². The highest BCUT2D eigenvalue weighted by Gasteiger charge is 2.22. The molecule has 1 aliphatic heterocycles. The van der Waals surface area contributed by atoms with Crippen LogP contribution in [-0.2, 0) is 11.3 Å². The van der Waals surface area contributed by atoms with Crippen molar-refractivity contribution in [3.8, 4) is 11.6 Å². The number of Topliss-reactive ketones (excluding diaryl/α,β-unsaturated/α-hetero) is 1. The molecule has 3 aromatic rings. The Kier molecular flexibility index (Phi) is 6.03. The molecule has 0 aliphatic carbocycles. The van der Waals surface area contributed by atoms with Gasteiger partial charge in [-0.05, 0) is 48.7 Å². The molecule has 156 valence electrons. The fraction of sp³-hybridized carbons (Fsp3) is 0.364. The lowest BCUT2D eigenvalue weighted by molar-refractivity contribution is -0.117. The number of nitrogens with zero attached hydrogens (tertiary/aromatic N) is 4. The van der Waals surface area contributed by atoms with E-state index in [-0.39, 0.29) is 17.4 Å². The number of rotatable bonds is 8. The molecule has 0 spiro atoms. The Morgan fingerprint density at radius 1 is 1.20 bits per heavy atom. The van der Waals surface area contributed by atoms with Crippen molar-refractivity contribution >= 4 is 29.1 Å². The number of carbonyl (C=O) groups is 2. The van der Waals surface area contributed by atoms with E-state index in [2.05, 4.69) is 24.0 Å².